The Bertz CT molecular complexity index is 953. The second-order valence-corrected chi connectivity index (χ2v) is 7.83. The number of nitrogens with zero attached hydrogens (tertiary/aromatic N) is 2. The van der Waals surface area contributed by atoms with Crippen LogP contribution >= 0.6 is 45.2 Å². The molecule has 0 radical (unpaired) electrons. The average Bonchev–Trinajstić information content (AvgIpc) is 3.02. The molecule has 2 aromatic carbocycles. The first-order chi connectivity index (χ1) is 12.1. The van der Waals surface area contributed by atoms with Crippen molar-refractivity contribution in [2.45, 2.75) is 13.3 Å². The Morgan fingerprint density at radius 3 is 2.84 bits per heavy atom. The molecule has 126 valence electrons. The molecule has 0 spiro atoms. The van der Waals surface area contributed by atoms with Crippen LogP contribution in [0, 0.1) is 18.5 Å². The summed E-state index contributed by atoms with van der Waals surface area (Å²) < 4.78 is 8.05. The summed E-state index contributed by atoms with van der Waals surface area (Å²) in [6.07, 6.45) is 2.77. The number of hydrogen-bond donors (Lipinski definition) is 1. The Kier molecular flexibility index (Phi) is 5.96. The number of halogens is 2. The molecule has 3 rings (SSSR count). The number of hydrogen-bond acceptors (Lipinski definition) is 3. The monoisotopic (exact) mass is 555 g/mol. The lowest BCUT2D eigenvalue weighted by molar-refractivity contribution is 0.314. The molecule has 0 aliphatic rings. The normalized spacial score (nSPS) is 11.5. The van der Waals surface area contributed by atoms with Gasteiger partial charge in [0, 0.05) is 9.13 Å². The number of nitriles is 1. The number of aromatic amines is 1. The molecule has 6 heteroatoms. The third kappa shape index (κ3) is 4.15. The number of nitrogens with one attached hydrogen (secondary N) is 1. The molecule has 0 aliphatic heterocycles. The van der Waals surface area contributed by atoms with Crippen molar-refractivity contribution in [3.05, 3.63) is 54.9 Å². The summed E-state index contributed by atoms with van der Waals surface area (Å²) >= 11 is 4.55. The Balaban J connectivity index is 2.09. The van der Waals surface area contributed by atoms with E-state index in [2.05, 4.69) is 74.2 Å². The van der Waals surface area contributed by atoms with Gasteiger partial charge in [0.1, 0.15) is 17.6 Å². The number of allylic oxidation sites excluding steroid dienone is 1. The average molecular weight is 555 g/mol. The van der Waals surface area contributed by atoms with Crippen LogP contribution in [0.25, 0.3) is 22.7 Å². The second-order valence-electron chi connectivity index (χ2n) is 5.43. The van der Waals surface area contributed by atoms with E-state index in [1.165, 1.54) is 0 Å². The number of H-pyrrole nitrogens is 1. The molecule has 25 heavy (non-hydrogen) atoms. The first kappa shape index (κ1) is 18.2. The van der Waals surface area contributed by atoms with Gasteiger partial charge in [0.15, 0.2) is 0 Å². The fourth-order valence-corrected chi connectivity index (χ4v) is 4.48. The van der Waals surface area contributed by atoms with E-state index in [9.17, 15) is 5.26 Å². The van der Waals surface area contributed by atoms with E-state index in [0.717, 1.165) is 35.9 Å². The zero-order valence-corrected chi connectivity index (χ0v) is 17.8. The lowest BCUT2D eigenvalue weighted by Crippen LogP contribution is -2.00. The van der Waals surface area contributed by atoms with Gasteiger partial charge in [-0.3, -0.25) is 0 Å². The zero-order valence-electron chi connectivity index (χ0n) is 13.5. The Labute approximate surface area is 173 Å². The maximum atomic E-state index is 9.65. The third-order valence-electron chi connectivity index (χ3n) is 3.55. The fraction of sp³-hybridized carbons (Fsp3) is 0.158. The molecule has 0 saturated carbocycles. The van der Waals surface area contributed by atoms with E-state index in [4.69, 9.17) is 4.74 Å². The van der Waals surface area contributed by atoms with Gasteiger partial charge in [-0.25, -0.2) is 4.98 Å². The van der Waals surface area contributed by atoms with Crippen molar-refractivity contribution in [1.29, 1.82) is 5.26 Å². The molecule has 0 amide bonds. The van der Waals surface area contributed by atoms with Crippen molar-refractivity contribution in [2.75, 3.05) is 6.61 Å². The quantitative estimate of drug-likeness (QED) is 0.329. The largest absolute Gasteiger partial charge is 0.492 e. The SMILES string of the molecule is CCCOc1c(I)cc(I)cc1/C=C(\C#N)c1nc2ccccc2[nH]1. The van der Waals surface area contributed by atoms with Crippen LogP contribution < -0.4 is 4.74 Å². The summed E-state index contributed by atoms with van der Waals surface area (Å²) in [6.45, 7) is 2.72. The van der Waals surface area contributed by atoms with Gasteiger partial charge in [0.25, 0.3) is 0 Å². The van der Waals surface area contributed by atoms with E-state index in [1.807, 2.05) is 36.4 Å². The molecular formula is C19H15I2N3O. The lowest BCUT2D eigenvalue weighted by Gasteiger charge is -2.11. The molecule has 4 nitrogen and oxygen atoms in total. The molecule has 1 heterocycles. The Morgan fingerprint density at radius 1 is 1.32 bits per heavy atom. The molecule has 0 unspecified atom stereocenters. The first-order valence-electron chi connectivity index (χ1n) is 7.81. The van der Waals surface area contributed by atoms with Gasteiger partial charge in [-0.05, 0) is 81.9 Å². The molecular weight excluding hydrogens is 540 g/mol. The summed E-state index contributed by atoms with van der Waals surface area (Å²) in [5.41, 5.74) is 3.13. The number of aromatic nitrogens is 2. The zero-order chi connectivity index (χ0) is 17.8. The van der Waals surface area contributed by atoms with Crippen molar-refractivity contribution in [1.82, 2.24) is 9.97 Å². The summed E-state index contributed by atoms with van der Waals surface area (Å²) in [6, 6.07) is 14.1. The molecule has 3 aromatic rings. The number of benzene rings is 2. The number of imidazole rings is 1. The third-order valence-corrected chi connectivity index (χ3v) is 4.98. The molecule has 0 saturated heterocycles. The van der Waals surface area contributed by atoms with E-state index >= 15 is 0 Å². The standard InChI is InChI=1S/C19H15I2N3O/c1-2-7-25-18-12(9-14(20)10-15(18)21)8-13(11-22)19-23-16-5-3-4-6-17(16)24-19/h3-6,8-10H,2,7H2,1H3,(H,23,24)/b13-8+. The van der Waals surface area contributed by atoms with Crippen LogP contribution in [0.5, 0.6) is 5.75 Å². The Hall–Kier alpha value is -1.60. The topological polar surface area (TPSA) is 61.7 Å². The van der Waals surface area contributed by atoms with E-state index < -0.39 is 0 Å². The maximum Gasteiger partial charge on any atom is 0.149 e. The van der Waals surface area contributed by atoms with Gasteiger partial charge in [-0.2, -0.15) is 5.26 Å². The Morgan fingerprint density at radius 2 is 2.12 bits per heavy atom. The van der Waals surface area contributed by atoms with Crippen LogP contribution in [0.4, 0.5) is 0 Å². The second kappa shape index (κ2) is 8.19. The van der Waals surface area contributed by atoms with Crippen LogP contribution in [-0.4, -0.2) is 16.6 Å². The van der Waals surface area contributed by atoms with Crippen LogP contribution in [0.15, 0.2) is 36.4 Å². The molecule has 1 aromatic heterocycles. The van der Waals surface area contributed by atoms with E-state index in [-0.39, 0.29) is 0 Å². The maximum absolute atomic E-state index is 9.65. The summed E-state index contributed by atoms with van der Waals surface area (Å²) in [5.74, 6) is 1.38. The summed E-state index contributed by atoms with van der Waals surface area (Å²) in [4.78, 5) is 7.74. The van der Waals surface area contributed by atoms with E-state index in [0.29, 0.717) is 18.0 Å². The number of fused-ring (bicyclic) bond motifs is 1. The number of ether oxygens (including phenoxy) is 1. The van der Waals surface area contributed by atoms with Crippen LogP contribution in [0.3, 0.4) is 0 Å². The minimum absolute atomic E-state index is 0.482. The first-order valence-corrected chi connectivity index (χ1v) is 9.97. The summed E-state index contributed by atoms with van der Waals surface area (Å²) in [5, 5.41) is 9.65. The highest BCUT2D eigenvalue weighted by molar-refractivity contribution is 14.1. The van der Waals surface area contributed by atoms with Crippen LogP contribution in [0.2, 0.25) is 0 Å². The van der Waals surface area contributed by atoms with Crippen molar-refractivity contribution >= 4 is 67.9 Å². The smallest absolute Gasteiger partial charge is 0.149 e. The molecule has 0 atom stereocenters. The van der Waals surface area contributed by atoms with Crippen molar-refractivity contribution in [2.24, 2.45) is 0 Å². The fourth-order valence-electron chi connectivity index (χ4n) is 2.43. The summed E-state index contributed by atoms with van der Waals surface area (Å²) in [7, 11) is 0. The predicted molar refractivity (Wildman–Crippen MR) is 117 cm³/mol. The van der Waals surface area contributed by atoms with Gasteiger partial charge in [-0.1, -0.05) is 19.1 Å². The lowest BCUT2D eigenvalue weighted by atomic mass is 10.1. The minimum Gasteiger partial charge on any atom is -0.492 e. The van der Waals surface area contributed by atoms with Crippen molar-refractivity contribution in [3.63, 3.8) is 0 Å². The van der Waals surface area contributed by atoms with Crippen molar-refractivity contribution < 1.29 is 4.74 Å². The highest BCUT2D eigenvalue weighted by Gasteiger charge is 2.12. The molecule has 1 N–H and O–H groups in total. The van der Waals surface area contributed by atoms with Gasteiger partial charge >= 0.3 is 0 Å². The highest BCUT2D eigenvalue weighted by atomic mass is 127. The highest BCUT2D eigenvalue weighted by Crippen LogP contribution is 2.31. The molecule has 0 bridgehead atoms. The minimum atomic E-state index is 0.482. The van der Waals surface area contributed by atoms with Gasteiger partial charge in [-0.15, -0.1) is 0 Å². The van der Waals surface area contributed by atoms with Gasteiger partial charge in [0.05, 0.1) is 26.8 Å². The number of para-hydroxylation sites is 2. The van der Waals surface area contributed by atoms with Gasteiger partial charge in [0.2, 0.25) is 0 Å². The van der Waals surface area contributed by atoms with E-state index in [1.54, 1.807) is 0 Å². The van der Waals surface area contributed by atoms with Crippen LogP contribution in [0.1, 0.15) is 24.7 Å². The molecule has 0 aliphatic carbocycles. The number of rotatable bonds is 5. The molecule has 0 fully saturated rings. The predicted octanol–water partition coefficient (Wildman–Crippen LogP) is 5.63. The van der Waals surface area contributed by atoms with Gasteiger partial charge < -0.3 is 9.72 Å². The van der Waals surface area contributed by atoms with Crippen molar-refractivity contribution in [3.8, 4) is 11.8 Å². The van der Waals surface area contributed by atoms with Crippen LogP contribution in [-0.2, 0) is 0 Å².